The average molecular weight is 508 g/mol. The van der Waals surface area contributed by atoms with Crippen LogP contribution in [-0.2, 0) is 23.9 Å². The van der Waals surface area contributed by atoms with Crippen LogP contribution in [0.1, 0.15) is 65.7 Å². The molecular weight excluding hydrogens is 466 g/mol. The lowest BCUT2D eigenvalue weighted by atomic mass is 9.87. The van der Waals surface area contributed by atoms with Gasteiger partial charge in [0.25, 0.3) is 0 Å². The van der Waals surface area contributed by atoms with Crippen LogP contribution in [0.4, 0.5) is 0 Å². The lowest BCUT2D eigenvalue weighted by molar-refractivity contribution is -0.135. The van der Waals surface area contributed by atoms with Gasteiger partial charge in [-0.1, -0.05) is 38.2 Å². The molecule has 4 N–H and O–H groups in total. The fraction of sp³-hybridized carbons (Fsp3) is 0.630. The monoisotopic (exact) mass is 507 g/mol. The van der Waals surface area contributed by atoms with Gasteiger partial charge in [-0.25, -0.2) is 4.79 Å². The van der Waals surface area contributed by atoms with E-state index in [1.165, 1.54) is 7.11 Å². The first-order chi connectivity index (χ1) is 17.0. The van der Waals surface area contributed by atoms with E-state index in [0.29, 0.717) is 44.1 Å². The number of rotatable bonds is 16. The number of amides is 2. The first kappa shape index (κ1) is 31.4. The fourth-order valence-corrected chi connectivity index (χ4v) is 4.27. The SMILES string of the molecule is CO[C@H](/C=C/CC/C=C/C(=O)O)[C@H](O)[C@H](C)/C=C(\C)[C@H](O)[C@H](C)C(=O)CCCC1CC(=O)NC(=O)C1. The van der Waals surface area contributed by atoms with Crippen molar-refractivity contribution in [3.05, 3.63) is 36.0 Å². The molecule has 1 aliphatic rings. The largest absolute Gasteiger partial charge is 0.478 e. The third-order valence-electron chi connectivity index (χ3n) is 6.47. The van der Waals surface area contributed by atoms with E-state index in [4.69, 9.17) is 9.84 Å². The number of allylic oxidation sites excluding steroid dienone is 2. The Morgan fingerprint density at radius 1 is 1.11 bits per heavy atom. The summed E-state index contributed by atoms with van der Waals surface area (Å²) in [7, 11) is 1.48. The molecule has 1 aliphatic heterocycles. The third kappa shape index (κ3) is 11.4. The summed E-state index contributed by atoms with van der Waals surface area (Å²) in [6.07, 6.45) is 8.60. The van der Waals surface area contributed by atoms with Crippen molar-refractivity contribution in [2.75, 3.05) is 7.11 Å². The zero-order chi connectivity index (χ0) is 27.3. The second kappa shape index (κ2) is 16.2. The summed E-state index contributed by atoms with van der Waals surface area (Å²) in [5.74, 6) is -2.68. The maximum absolute atomic E-state index is 12.6. The van der Waals surface area contributed by atoms with Crippen LogP contribution in [0.2, 0.25) is 0 Å². The number of aliphatic hydroxyl groups excluding tert-OH is 2. The molecule has 2 amide bonds. The van der Waals surface area contributed by atoms with E-state index in [1.54, 1.807) is 39.0 Å². The number of unbranched alkanes of at least 4 members (excludes halogenated alkanes) is 1. The van der Waals surface area contributed by atoms with Gasteiger partial charge in [-0.05, 0) is 44.1 Å². The summed E-state index contributed by atoms with van der Waals surface area (Å²) in [4.78, 5) is 46.0. The number of carbonyl (C=O) groups is 4. The van der Waals surface area contributed by atoms with Gasteiger partial charge in [0.2, 0.25) is 11.8 Å². The number of imide groups is 1. The Bertz CT molecular complexity index is 831. The van der Waals surface area contributed by atoms with Crippen molar-refractivity contribution in [2.45, 2.75) is 84.0 Å². The third-order valence-corrected chi connectivity index (χ3v) is 6.47. The molecule has 1 fully saturated rings. The number of aliphatic carboxylic acids is 1. The molecule has 0 saturated carbocycles. The van der Waals surface area contributed by atoms with Crippen LogP contribution in [0.25, 0.3) is 0 Å². The quantitative estimate of drug-likeness (QED) is 0.108. The molecule has 1 rings (SSSR count). The summed E-state index contributed by atoms with van der Waals surface area (Å²) in [5.41, 5.74) is 0.578. The highest BCUT2D eigenvalue weighted by Gasteiger charge is 2.27. The molecule has 5 atom stereocenters. The molecule has 0 radical (unpaired) electrons. The van der Waals surface area contributed by atoms with Gasteiger partial charge in [0, 0.05) is 44.3 Å². The first-order valence-corrected chi connectivity index (χ1v) is 12.4. The Morgan fingerprint density at radius 3 is 2.31 bits per heavy atom. The Hall–Kier alpha value is -2.62. The highest BCUT2D eigenvalue weighted by atomic mass is 16.5. The summed E-state index contributed by atoms with van der Waals surface area (Å²) in [6, 6.07) is 0. The molecule has 0 aromatic rings. The standard InChI is InChI=1S/C27H41NO8/c1-17(14-18(2)27(35)22(36-4)12-7-5-6-8-13-25(32)33)26(34)19(3)21(29)11-9-10-20-15-23(30)28-24(31)16-20/h7-8,12-14,18-20,22,26-27,34-35H,5-6,9-11,15-16H2,1-4H3,(H,32,33)(H,28,30,31)/b12-7+,13-8+,17-14+/t18-,19-,22-,26+,27-/m1/s1. The number of ketones is 1. The van der Waals surface area contributed by atoms with Gasteiger partial charge in [-0.15, -0.1) is 0 Å². The van der Waals surface area contributed by atoms with Gasteiger partial charge in [-0.2, -0.15) is 0 Å². The van der Waals surface area contributed by atoms with Gasteiger partial charge in [-0.3, -0.25) is 19.7 Å². The summed E-state index contributed by atoms with van der Waals surface area (Å²) >= 11 is 0. The van der Waals surface area contributed by atoms with E-state index in [2.05, 4.69) is 5.32 Å². The normalized spacial score (nSPS) is 19.8. The molecule has 0 aliphatic carbocycles. The molecule has 0 aromatic heterocycles. The van der Waals surface area contributed by atoms with Crippen molar-refractivity contribution < 1.29 is 39.2 Å². The molecular formula is C27H41NO8. The molecule has 1 saturated heterocycles. The number of ether oxygens (including phenoxy) is 1. The van der Waals surface area contributed by atoms with Crippen LogP contribution < -0.4 is 5.32 Å². The summed E-state index contributed by atoms with van der Waals surface area (Å²) < 4.78 is 5.37. The van der Waals surface area contributed by atoms with E-state index < -0.39 is 30.2 Å². The van der Waals surface area contributed by atoms with Gasteiger partial charge in [0.1, 0.15) is 11.9 Å². The van der Waals surface area contributed by atoms with Crippen LogP contribution in [-0.4, -0.2) is 64.3 Å². The topological polar surface area (TPSA) is 150 Å². The maximum atomic E-state index is 12.6. The molecule has 202 valence electrons. The van der Waals surface area contributed by atoms with E-state index in [-0.39, 0.29) is 35.9 Å². The first-order valence-electron chi connectivity index (χ1n) is 12.4. The van der Waals surface area contributed by atoms with Crippen molar-refractivity contribution in [2.24, 2.45) is 17.8 Å². The molecule has 9 heteroatoms. The Labute approximate surface area is 213 Å². The number of aliphatic hydroxyl groups is 2. The Kier molecular flexibility index (Phi) is 14.1. The van der Waals surface area contributed by atoms with Crippen molar-refractivity contribution in [1.82, 2.24) is 5.32 Å². The Balaban J connectivity index is 2.57. The number of piperidine rings is 1. The van der Waals surface area contributed by atoms with Crippen molar-refractivity contribution in [1.29, 1.82) is 0 Å². The van der Waals surface area contributed by atoms with E-state index in [1.807, 2.05) is 6.08 Å². The van der Waals surface area contributed by atoms with E-state index in [0.717, 1.165) is 6.08 Å². The van der Waals surface area contributed by atoms with Crippen LogP contribution >= 0.6 is 0 Å². The Morgan fingerprint density at radius 2 is 1.72 bits per heavy atom. The number of Topliss-reactive ketones (excluding diaryl/α,β-unsaturated/α-hetero) is 1. The van der Waals surface area contributed by atoms with Crippen LogP contribution in [0.3, 0.4) is 0 Å². The van der Waals surface area contributed by atoms with Gasteiger partial charge in [0.05, 0.1) is 12.2 Å². The second-order valence-corrected chi connectivity index (χ2v) is 9.54. The minimum atomic E-state index is -0.994. The predicted octanol–water partition coefficient (Wildman–Crippen LogP) is 2.71. The lowest BCUT2D eigenvalue weighted by Crippen LogP contribution is -2.38. The minimum Gasteiger partial charge on any atom is -0.478 e. The maximum Gasteiger partial charge on any atom is 0.327 e. The summed E-state index contributed by atoms with van der Waals surface area (Å²) in [6.45, 7) is 5.18. The zero-order valence-corrected chi connectivity index (χ0v) is 21.7. The van der Waals surface area contributed by atoms with Gasteiger partial charge in [0.15, 0.2) is 0 Å². The van der Waals surface area contributed by atoms with Crippen molar-refractivity contribution in [3.63, 3.8) is 0 Å². The van der Waals surface area contributed by atoms with E-state index in [9.17, 15) is 29.4 Å². The fourth-order valence-electron chi connectivity index (χ4n) is 4.27. The molecule has 9 nitrogen and oxygen atoms in total. The average Bonchev–Trinajstić information content (AvgIpc) is 2.81. The zero-order valence-electron chi connectivity index (χ0n) is 21.7. The number of nitrogens with one attached hydrogen (secondary N) is 1. The molecule has 36 heavy (non-hydrogen) atoms. The molecule has 0 spiro atoms. The second-order valence-electron chi connectivity index (χ2n) is 9.54. The highest BCUT2D eigenvalue weighted by molar-refractivity contribution is 5.97. The number of carboxylic acid groups (broad SMARTS) is 1. The van der Waals surface area contributed by atoms with Crippen molar-refractivity contribution in [3.8, 4) is 0 Å². The minimum absolute atomic E-state index is 0.0489. The highest BCUT2D eigenvalue weighted by Crippen LogP contribution is 2.23. The number of hydrogen-bond donors (Lipinski definition) is 4. The number of carboxylic acids is 1. The molecule has 1 heterocycles. The van der Waals surface area contributed by atoms with E-state index >= 15 is 0 Å². The van der Waals surface area contributed by atoms with Crippen molar-refractivity contribution >= 4 is 23.6 Å². The lowest BCUT2D eigenvalue weighted by Gasteiger charge is -2.25. The number of hydrogen-bond acceptors (Lipinski definition) is 7. The molecule has 0 aromatic carbocycles. The number of carbonyl (C=O) groups excluding carboxylic acids is 3. The molecule has 0 bridgehead atoms. The van der Waals surface area contributed by atoms with Gasteiger partial charge < -0.3 is 20.1 Å². The summed E-state index contributed by atoms with van der Waals surface area (Å²) in [5, 5.41) is 32.3. The number of methoxy groups -OCH3 is 1. The van der Waals surface area contributed by atoms with Gasteiger partial charge >= 0.3 is 5.97 Å². The van der Waals surface area contributed by atoms with Crippen LogP contribution in [0.5, 0.6) is 0 Å². The predicted molar refractivity (Wildman–Crippen MR) is 135 cm³/mol. The molecule has 0 unspecified atom stereocenters. The smallest absolute Gasteiger partial charge is 0.327 e. The van der Waals surface area contributed by atoms with Crippen LogP contribution in [0.15, 0.2) is 36.0 Å². The van der Waals surface area contributed by atoms with Crippen LogP contribution in [0, 0.1) is 17.8 Å².